The fourth-order valence-electron chi connectivity index (χ4n) is 3.18. The largest absolute Gasteiger partial charge is 0.405 e. The molecule has 0 aliphatic heterocycles. The summed E-state index contributed by atoms with van der Waals surface area (Å²) >= 11 is 0. The highest BCUT2D eigenvalue weighted by Gasteiger charge is 2.27. The Balaban J connectivity index is 1.65. The van der Waals surface area contributed by atoms with Gasteiger partial charge >= 0.3 is 6.18 Å². The van der Waals surface area contributed by atoms with Crippen LogP contribution in [0.5, 0.6) is 0 Å². The Morgan fingerprint density at radius 3 is 1.77 bits per heavy atom. The summed E-state index contributed by atoms with van der Waals surface area (Å²) in [5.74, 6) is -1.18. The van der Waals surface area contributed by atoms with Crippen molar-refractivity contribution in [1.82, 2.24) is 5.32 Å². The predicted octanol–water partition coefficient (Wildman–Crippen LogP) is 5.14. The van der Waals surface area contributed by atoms with Gasteiger partial charge in [-0.15, -0.1) is 0 Å². The average Bonchev–Trinajstić information content (AvgIpc) is 2.77. The Bertz CT molecular complexity index is 965. The van der Waals surface area contributed by atoms with Gasteiger partial charge in [0.1, 0.15) is 6.54 Å². The van der Waals surface area contributed by atoms with Crippen molar-refractivity contribution in [2.75, 3.05) is 11.9 Å². The molecule has 0 heterocycles. The summed E-state index contributed by atoms with van der Waals surface area (Å²) in [4.78, 5) is 24.5. The number of amides is 2. The van der Waals surface area contributed by atoms with E-state index in [1.165, 1.54) is 24.3 Å². The van der Waals surface area contributed by atoms with E-state index < -0.39 is 18.6 Å². The fraction of sp³-hybridized carbons (Fsp3) is 0.167. The van der Waals surface area contributed by atoms with Gasteiger partial charge in [-0.25, -0.2) is 0 Å². The first kappa shape index (κ1) is 22.1. The zero-order valence-corrected chi connectivity index (χ0v) is 16.5. The lowest BCUT2D eigenvalue weighted by atomic mass is 9.88. The van der Waals surface area contributed by atoms with E-state index in [9.17, 15) is 22.8 Å². The number of rotatable bonds is 7. The standard InChI is InChI=1S/C24H21F3N2O2/c25-24(26,27)16-28-23(31)19-11-13-20(14-12-19)29-22(30)15-21(17-7-3-1-4-8-17)18-9-5-2-6-10-18/h1-14,21H,15-16H2,(H,28,31)(H,29,30). The van der Waals surface area contributed by atoms with Crippen LogP contribution in [0.1, 0.15) is 33.8 Å². The minimum absolute atomic E-state index is 0.0775. The third kappa shape index (κ3) is 6.70. The maximum Gasteiger partial charge on any atom is 0.405 e. The van der Waals surface area contributed by atoms with E-state index in [0.717, 1.165) is 11.1 Å². The normalized spacial score (nSPS) is 11.2. The van der Waals surface area contributed by atoms with Gasteiger partial charge in [0, 0.05) is 23.6 Å². The van der Waals surface area contributed by atoms with Crippen LogP contribution in [0.2, 0.25) is 0 Å². The number of halogens is 3. The first-order valence-electron chi connectivity index (χ1n) is 9.66. The van der Waals surface area contributed by atoms with Gasteiger partial charge in [0.2, 0.25) is 5.91 Å². The Kier molecular flexibility index (Phi) is 7.07. The van der Waals surface area contributed by atoms with Crippen LogP contribution in [0.25, 0.3) is 0 Å². The molecule has 0 saturated carbocycles. The van der Waals surface area contributed by atoms with Crippen molar-refractivity contribution in [3.8, 4) is 0 Å². The predicted molar refractivity (Wildman–Crippen MR) is 113 cm³/mol. The summed E-state index contributed by atoms with van der Waals surface area (Å²) in [6.45, 7) is -1.40. The minimum atomic E-state index is -4.47. The molecule has 7 heteroatoms. The Hall–Kier alpha value is -3.61. The highest BCUT2D eigenvalue weighted by molar-refractivity contribution is 5.96. The van der Waals surface area contributed by atoms with Crippen LogP contribution in [0.15, 0.2) is 84.9 Å². The van der Waals surface area contributed by atoms with E-state index in [0.29, 0.717) is 5.69 Å². The molecule has 0 unspecified atom stereocenters. The first-order valence-corrected chi connectivity index (χ1v) is 9.66. The van der Waals surface area contributed by atoms with Gasteiger partial charge in [-0.3, -0.25) is 9.59 Å². The second kappa shape index (κ2) is 9.93. The molecule has 4 nitrogen and oxygen atoms in total. The van der Waals surface area contributed by atoms with Gasteiger partial charge in [-0.2, -0.15) is 13.2 Å². The number of alkyl halides is 3. The third-order valence-corrected chi connectivity index (χ3v) is 4.67. The second-order valence-electron chi connectivity index (χ2n) is 7.00. The molecule has 3 aromatic carbocycles. The van der Waals surface area contributed by atoms with Gasteiger partial charge in [0.25, 0.3) is 5.91 Å². The summed E-state index contributed by atoms with van der Waals surface area (Å²) < 4.78 is 36.7. The molecule has 0 spiro atoms. The van der Waals surface area contributed by atoms with Crippen LogP contribution in [0, 0.1) is 0 Å². The van der Waals surface area contributed by atoms with Crippen molar-refractivity contribution < 1.29 is 22.8 Å². The molecule has 0 aromatic heterocycles. The molecule has 0 atom stereocenters. The molecule has 2 N–H and O–H groups in total. The lowest BCUT2D eigenvalue weighted by Gasteiger charge is -2.18. The van der Waals surface area contributed by atoms with Crippen molar-refractivity contribution in [2.24, 2.45) is 0 Å². The summed E-state index contributed by atoms with van der Waals surface area (Å²) in [5, 5.41) is 4.59. The van der Waals surface area contributed by atoms with Gasteiger partial charge in [0.05, 0.1) is 0 Å². The average molecular weight is 426 g/mol. The van der Waals surface area contributed by atoms with Gasteiger partial charge in [0.15, 0.2) is 0 Å². The van der Waals surface area contributed by atoms with Gasteiger partial charge in [-0.1, -0.05) is 60.7 Å². The van der Waals surface area contributed by atoms with E-state index in [4.69, 9.17) is 0 Å². The quantitative estimate of drug-likeness (QED) is 0.550. The minimum Gasteiger partial charge on any atom is -0.343 e. The lowest BCUT2D eigenvalue weighted by molar-refractivity contribution is -0.123. The van der Waals surface area contributed by atoms with Crippen molar-refractivity contribution in [3.05, 3.63) is 102 Å². The molecular weight excluding hydrogens is 405 g/mol. The number of carbonyl (C=O) groups is 2. The van der Waals surface area contributed by atoms with E-state index in [2.05, 4.69) is 5.32 Å². The van der Waals surface area contributed by atoms with Crippen molar-refractivity contribution in [1.29, 1.82) is 0 Å². The van der Waals surface area contributed by atoms with Crippen LogP contribution in [0.3, 0.4) is 0 Å². The highest BCUT2D eigenvalue weighted by atomic mass is 19.4. The highest BCUT2D eigenvalue weighted by Crippen LogP contribution is 2.28. The second-order valence-corrected chi connectivity index (χ2v) is 7.00. The zero-order chi connectivity index (χ0) is 22.3. The SMILES string of the molecule is O=C(CC(c1ccccc1)c1ccccc1)Nc1ccc(C(=O)NCC(F)(F)F)cc1. The molecule has 31 heavy (non-hydrogen) atoms. The van der Waals surface area contributed by atoms with Crippen LogP contribution in [-0.2, 0) is 4.79 Å². The molecule has 0 bridgehead atoms. The summed E-state index contributed by atoms with van der Waals surface area (Å²) in [7, 11) is 0. The number of anilines is 1. The molecule has 160 valence electrons. The molecule has 0 fully saturated rings. The topological polar surface area (TPSA) is 58.2 Å². The summed E-state index contributed by atoms with van der Waals surface area (Å²) in [5.41, 5.74) is 2.56. The maximum atomic E-state index is 12.7. The smallest absolute Gasteiger partial charge is 0.343 e. The maximum absolute atomic E-state index is 12.7. The van der Waals surface area contributed by atoms with Crippen molar-refractivity contribution in [2.45, 2.75) is 18.5 Å². The molecule has 3 rings (SSSR count). The zero-order valence-electron chi connectivity index (χ0n) is 16.5. The number of hydrogen-bond donors (Lipinski definition) is 2. The van der Waals surface area contributed by atoms with Gasteiger partial charge < -0.3 is 10.6 Å². The van der Waals surface area contributed by atoms with Crippen molar-refractivity contribution in [3.63, 3.8) is 0 Å². The van der Waals surface area contributed by atoms with E-state index in [-0.39, 0.29) is 23.8 Å². The molecule has 3 aromatic rings. The van der Waals surface area contributed by atoms with Crippen LogP contribution >= 0.6 is 0 Å². The first-order chi connectivity index (χ1) is 14.8. The molecular formula is C24H21F3N2O2. The van der Waals surface area contributed by atoms with Gasteiger partial charge in [-0.05, 0) is 35.4 Å². The van der Waals surface area contributed by atoms with Crippen LogP contribution in [-0.4, -0.2) is 24.5 Å². The number of hydrogen-bond acceptors (Lipinski definition) is 2. The lowest BCUT2D eigenvalue weighted by Crippen LogP contribution is -2.33. The Labute approximate surface area is 178 Å². The molecule has 2 amide bonds. The monoisotopic (exact) mass is 426 g/mol. The van der Waals surface area contributed by atoms with E-state index in [1.807, 2.05) is 66.0 Å². The van der Waals surface area contributed by atoms with Crippen molar-refractivity contribution >= 4 is 17.5 Å². The van der Waals surface area contributed by atoms with Crippen LogP contribution in [0.4, 0.5) is 18.9 Å². The Morgan fingerprint density at radius 1 is 0.774 bits per heavy atom. The van der Waals surface area contributed by atoms with Crippen LogP contribution < -0.4 is 10.6 Å². The van der Waals surface area contributed by atoms with E-state index in [1.54, 1.807) is 0 Å². The summed E-state index contributed by atoms with van der Waals surface area (Å²) in [6.07, 6.45) is -4.26. The Morgan fingerprint density at radius 2 is 1.29 bits per heavy atom. The molecule has 0 aliphatic rings. The fourth-order valence-corrected chi connectivity index (χ4v) is 3.18. The molecule has 0 radical (unpaired) electrons. The molecule has 0 saturated heterocycles. The summed E-state index contributed by atoms with van der Waals surface area (Å²) in [6, 6.07) is 25.1. The number of carbonyl (C=O) groups excluding carboxylic acids is 2. The third-order valence-electron chi connectivity index (χ3n) is 4.67. The van der Waals surface area contributed by atoms with E-state index >= 15 is 0 Å². The number of nitrogens with one attached hydrogen (secondary N) is 2. The molecule has 0 aliphatic carbocycles. The number of benzene rings is 3.